The summed E-state index contributed by atoms with van der Waals surface area (Å²) in [5.41, 5.74) is 4.27. The van der Waals surface area contributed by atoms with Crippen molar-refractivity contribution >= 4 is 11.0 Å². The van der Waals surface area contributed by atoms with Gasteiger partial charge < -0.3 is 19.3 Å². The van der Waals surface area contributed by atoms with Gasteiger partial charge in [-0.15, -0.1) is 0 Å². The number of aliphatic hydroxyl groups excluding tert-OH is 1. The summed E-state index contributed by atoms with van der Waals surface area (Å²) in [4.78, 5) is 8.68. The van der Waals surface area contributed by atoms with Gasteiger partial charge in [0.25, 0.3) is 0 Å². The number of pyridine rings is 1. The number of hydrogen-bond donors (Lipinski definition) is 1. The van der Waals surface area contributed by atoms with Crippen molar-refractivity contribution in [2.24, 2.45) is 5.92 Å². The molecule has 0 amide bonds. The second kappa shape index (κ2) is 10.8. The third-order valence-corrected chi connectivity index (χ3v) is 6.31. The van der Waals surface area contributed by atoms with Crippen molar-refractivity contribution in [2.75, 3.05) is 34.0 Å². The highest BCUT2D eigenvalue weighted by Crippen LogP contribution is 2.32. The summed E-state index contributed by atoms with van der Waals surface area (Å²) in [6.45, 7) is 3.30. The van der Waals surface area contributed by atoms with Crippen molar-refractivity contribution in [3.05, 3.63) is 53.0 Å². The third-order valence-electron chi connectivity index (χ3n) is 6.31. The maximum Gasteiger partial charge on any atom is 0.186 e. The maximum absolute atomic E-state index is 9.21. The molecule has 3 heterocycles. The molecule has 0 spiro atoms. The molecule has 1 aliphatic heterocycles. The average molecular weight is 450 g/mol. The first kappa shape index (κ1) is 23.2. The van der Waals surface area contributed by atoms with Gasteiger partial charge in [0, 0.05) is 24.7 Å². The molecule has 4 rings (SSSR count). The van der Waals surface area contributed by atoms with Crippen LogP contribution in [0.1, 0.15) is 41.8 Å². The Kier molecular flexibility index (Phi) is 7.55. The summed E-state index contributed by atoms with van der Waals surface area (Å²) in [5, 5.41) is 23.5. The van der Waals surface area contributed by atoms with Gasteiger partial charge in [-0.05, 0) is 82.5 Å². The number of hydrogen-bond acceptors (Lipinski definition) is 8. The van der Waals surface area contributed by atoms with Crippen molar-refractivity contribution in [3.63, 3.8) is 0 Å². The second-order valence-corrected chi connectivity index (χ2v) is 8.98. The summed E-state index contributed by atoms with van der Waals surface area (Å²) < 4.78 is 11.1. The monoisotopic (exact) mass is 449 g/mol. The molecule has 0 saturated carbocycles. The van der Waals surface area contributed by atoms with Crippen LogP contribution in [-0.2, 0) is 19.5 Å². The summed E-state index contributed by atoms with van der Waals surface area (Å²) in [5.74, 6) is 1.30. The number of benzene rings is 1. The Hall–Kier alpha value is -2.99. The molecular weight excluding hydrogens is 418 g/mol. The molecule has 1 aromatic carbocycles. The minimum absolute atomic E-state index is 0.368. The third kappa shape index (κ3) is 5.69. The lowest BCUT2D eigenvalue weighted by Crippen LogP contribution is -2.33. The Morgan fingerprint density at radius 3 is 2.73 bits per heavy atom. The van der Waals surface area contributed by atoms with Crippen LogP contribution in [-0.4, -0.2) is 59.0 Å². The van der Waals surface area contributed by atoms with Gasteiger partial charge in [-0.1, -0.05) is 11.2 Å². The zero-order chi connectivity index (χ0) is 23.2. The van der Waals surface area contributed by atoms with Crippen molar-refractivity contribution in [3.8, 4) is 11.8 Å². The van der Waals surface area contributed by atoms with Gasteiger partial charge in [0.05, 0.1) is 11.3 Å². The average Bonchev–Trinajstić information content (AvgIpc) is 3.24. The zero-order valence-electron chi connectivity index (χ0n) is 19.3. The van der Waals surface area contributed by atoms with Crippen LogP contribution in [0, 0.1) is 17.2 Å². The lowest BCUT2D eigenvalue weighted by molar-refractivity contribution is 0.0969. The van der Waals surface area contributed by atoms with E-state index in [4.69, 9.17) is 14.5 Å². The van der Waals surface area contributed by atoms with E-state index in [0.717, 1.165) is 60.3 Å². The first-order valence-corrected chi connectivity index (χ1v) is 11.4. The van der Waals surface area contributed by atoms with Gasteiger partial charge in [0.2, 0.25) is 0 Å². The topological polar surface area (TPSA) is 98.7 Å². The van der Waals surface area contributed by atoms with Crippen LogP contribution in [0.2, 0.25) is 0 Å². The normalized spacial score (nSPS) is 15.2. The van der Waals surface area contributed by atoms with Gasteiger partial charge in [0.1, 0.15) is 17.5 Å². The van der Waals surface area contributed by atoms with Crippen LogP contribution in [0.4, 0.5) is 0 Å². The fourth-order valence-electron chi connectivity index (χ4n) is 4.56. The van der Waals surface area contributed by atoms with E-state index in [1.807, 2.05) is 43.4 Å². The number of rotatable bonds is 9. The lowest BCUT2D eigenvalue weighted by Gasteiger charge is -2.31. The summed E-state index contributed by atoms with van der Waals surface area (Å²) in [6, 6.07) is 9.73. The minimum Gasteiger partial charge on any atom is -0.467 e. The first-order valence-electron chi connectivity index (χ1n) is 11.4. The van der Waals surface area contributed by atoms with Gasteiger partial charge in [-0.3, -0.25) is 4.90 Å². The van der Waals surface area contributed by atoms with Crippen LogP contribution in [0.3, 0.4) is 0 Å². The molecule has 33 heavy (non-hydrogen) atoms. The standard InChI is InChI=1S/C25H31N5O3/c1-29(2)16-22-24(32-17-31)8-6-21-23(28-33-25(21)22)7-4-18-9-11-30(12-10-18)15-19-3-5-20(13-26)27-14-19/h3,5-6,8,14,18,31H,4,7,9-12,15-17H2,1-2H3. The predicted octanol–water partition coefficient (Wildman–Crippen LogP) is 3.33. The quantitative estimate of drug-likeness (QED) is 0.497. The largest absolute Gasteiger partial charge is 0.467 e. The van der Waals surface area contributed by atoms with Gasteiger partial charge in [-0.25, -0.2) is 4.98 Å². The molecule has 8 heteroatoms. The van der Waals surface area contributed by atoms with E-state index < -0.39 is 0 Å². The highest BCUT2D eigenvalue weighted by atomic mass is 16.6. The number of aliphatic hydroxyl groups is 1. The van der Waals surface area contributed by atoms with Crippen LogP contribution in [0.25, 0.3) is 11.0 Å². The maximum atomic E-state index is 9.21. The zero-order valence-corrected chi connectivity index (χ0v) is 19.3. The Bertz CT molecular complexity index is 1100. The first-order chi connectivity index (χ1) is 16.1. The molecule has 0 bridgehead atoms. The van der Waals surface area contributed by atoms with Gasteiger partial charge >= 0.3 is 0 Å². The highest BCUT2D eigenvalue weighted by Gasteiger charge is 2.22. The number of likely N-dealkylation sites (tertiary alicyclic amines) is 1. The summed E-state index contributed by atoms with van der Waals surface area (Å²) in [6.07, 6.45) is 6.12. The number of aromatic nitrogens is 2. The lowest BCUT2D eigenvalue weighted by atomic mass is 9.91. The number of nitrogens with zero attached hydrogens (tertiary/aromatic N) is 5. The Balaban J connectivity index is 1.34. The van der Waals surface area contributed by atoms with E-state index in [9.17, 15) is 5.11 Å². The minimum atomic E-state index is -0.368. The Morgan fingerprint density at radius 2 is 2.06 bits per heavy atom. The molecule has 2 aromatic heterocycles. The van der Waals surface area contributed by atoms with E-state index in [1.165, 1.54) is 12.8 Å². The van der Waals surface area contributed by atoms with Crippen molar-refractivity contribution in [1.29, 1.82) is 5.26 Å². The van der Waals surface area contributed by atoms with Crippen LogP contribution in [0.15, 0.2) is 35.0 Å². The van der Waals surface area contributed by atoms with E-state index in [1.54, 1.807) is 6.07 Å². The van der Waals surface area contributed by atoms with Crippen molar-refractivity contribution in [2.45, 2.75) is 38.8 Å². The molecule has 0 aliphatic carbocycles. The Labute approximate surface area is 194 Å². The number of piperidine rings is 1. The van der Waals surface area contributed by atoms with Gasteiger partial charge in [0.15, 0.2) is 12.4 Å². The predicted molar refractivity (Wildman–Crippen MR) is 124 cm³/mol. The molecular formula is C25H31N5O3. The van der Waals surface area contributed by atoms with E-state index >= 15 is 0 Å². The fourth-order valence-corrected chi connectivity index (χ4v) is 4.56. The molecule has 1 saturated heterocycles. The molecule has 0 atom stereocenters. The SMILES string of the molecule is CN(C)Cc1c(OCO)ccc2c(CCC3CCN(Cc4ccc(C#N)nc4)CC3)noc12. The number of nitriles is 1. The van der Waals surface area contributed by atoms with Crippen LogP contribution >= 0.6 is 0 Å². The summed E-state index contributed by atoms with van der Waals surface area (Å²) in [7, 11) is 3.98. The molecule has 1 aliphatic rings. The molecule has 174 valence electrons. The molecule has 0 unspecified atom stereocenters. The van der Waals surface area contributed by atoms with Crippen LogP contribution < -0.4 is 4.74 Å². The van der Waals surface area contributed by atoms with Gasteiger partial charge in [-0.2, -0.15) is 5.26 Å². The number of ether oxygens (including phenoxy) is 1. The molecule has 8 nitrogen and oxygen atoms in total. The molecule has 3 aromatic rings. The highest BCUT2D eigenvalue weighted by molar-refractivity contribution is 5.84. The van der Waals surface area contributed by atoms with Crippen molar-refractivity contribution in [1.82, 2.24) is 19.9 Å². The van der Waals surface area contributed by atoms with E-state index in [-0.39, 0.29) is 6.79 Å². The van der Waals surface area contributed by atoms with E-state index in [0.29, 0.717) is 23.9 Å². The molecule has 1 N–H and O–H groups in total. The van der Waals surface area contributed by atoms with Crippen molar-refractivity contribution < 1.29 is 14.4 Å². The molecule has 1 fully saturated rings. The fraction of sp³-hybridized carbons (Fsp3) is 0.480. The van der Waals surface area contributed by atoms with E-state index in [2.05, 4.69) is 21.1 Å². The second-order valence-electron chi connectivity index (χ2n) is 8.98. The van der Waals surface area contributed by atoms with Crippen LogP contribution in [0.5, 0.6) is 5.75 Å². The molecule has 0 radical (unpaired) electrons. The smallest absolute Gasteiger partial charge is 0.186 e. The Morgan fingerprint density at radius 1 is 1.24 bits per heavy atom. The number of aryl methyl sites for hydroxylation is 1. The number of fused-ring (bicyclic) bond motifs is 1. The summed E-state index contributed by atoms with van der Waals surface area (Å²) >= 11 is 0.